The lowest BCUT2D eigenvalue weighted by atomic mass is 10.1. The van der Waals surface area contributed by atoms with E-state index in [-0.39, 0.29) is 5.75 Å². The van der Waals surface area contributed by atoms with Gasteiger partial charge in [0.05, 0.1) is 16.7 Å². The second kappa shape index (κ2) is 5.73. The minimum Gasteiger partial charge on any atom is -0.307 e. The lowest BCUT2D eigenvalue weighted by Crippen LogP contribution is -2.15. The Bertz CT molecular complexity index is 914. The van der Waals surface area contributed by atoms with Gasteiger partial charge in [0.25, 0.3) is 0 Å². The Morgan fingerprint density at radius 3 is 2.48 bits per heavy atom. The molecule has 3 aromatic rings. The minimum absolute atomic E-state index is 0.333. The van der Waals surface area contributed by atoms with Gasteiger partial charge in [-0.05, 0) is 31.2 Å². The number of fused-ring (bicyclic) bond motifs is 1. The molecule has 1 atom stereocenters. The van der Waals surface area contributed by atoms with Crippen LogP contribution in [0.5, 0.6) is 0 Å². The quantitative estimate of drug-likeness (QED) is 0.735. The minimum atomic E-state index is -3.81. The van der Waals surface area contributed by atoms with Crippen molar-refractivity contribution < 1.29 is 17.2 Å². The molecule has 120 valence electrons. The Balaban J connectivity index is 1.94. The SMILES string of the molecule is C[C@H](c1c(F)cccc1F)S(=O)(=O)Cc1cn2ccccc2n1. The van der Waals surface area contributed by atoms with E-state index in [2.05, 4.69) is 4.98 Å². The van der Waals surface area contributed by atoms with Gasteiger partial charge in [0.1, 0.15) is 17.3 Å². The van der Waals surface area contributed by atoms with E-state index in [4.69, 9.17) is 0 Å². The smallest absolute Gasteiger partial charge is 0.162 e. The molecule has 0 radical (unpaired) electrons. The molecule has 0 saturated carbocycles. The number of benzene rings is 1. The van der Waals surface area contributed by atoms with Crippen molar-refractivity contribution in [2.75, 3.05) is 0 Å². The molecule has 0 aliphatic heterocycles. The number of halogens is 2. The number of nitrogens with zero attached hydrogens (tertiary/aromatic N) is 2. The number of imidazole rings is 1. The van der Waals surface area contributed by atoms with Crippen molar-refractivity contribution >= 4 is 15.5 Å². The summed E-state index contributed by atoms with van der Waals surface area (Å²) in [7, 11) is -3.81. The number of aromatic nitrogens is 2. The van der Waals surface area contributed by atoms with E-state index >= 15 is 0 Å². The van der Waals surface area contributed by atoms with Crippen LogP contribution in [0.2, 0.25) is 0 Å². The van der Waals surface area contributed by atoms with Crippen molar-refractivity contribution in [3.8, 4) is 0 Å². The maximum atomic E-state index is 13.8. The molecular formula is C16H14F2N2O2S. The first-order valence-corrected chi connectivity index (χ1v) is 8.68. The normalized spacial score (nSPS) is 13.3. The van der Waals surface area contributed by atoms with Gasteiger partial charge >= 0.3 is 0 Å². The molecule has 0 amide bonds. The first-order chi connectivity index (χ1) is 10.9. The first-order valence-electron chi connectivity index (χ1n) is 6.96. The fourth-order valence-electron chi connectivity index (χ4n) is 2.47. The van der Waals surface area contributed by atoms with Crippen molar-refractivity contribution in [2.45, 2.75) is 17.9 Å². The Labute approximate surface area is 132 Å². The monoisotopic (exact) mass is 336 g/mol. The number of hydrogen-bond acceptors (Lipinski definition) is 3. The molecule has 0 spiro atoms. The van der Waals surface area contributed by atoms with E-state index in [1.54, 1.807) is 35.0 Å². The van der Waals surface area contributed by atoms with Crippen LogP contribution in [-0.4, -0.2) is 17.8 Å². The molecule has 4 nitrogen and oxygen atoms in total. The fraction of sp³-hybridized carbons (Fsp3) is 0.188. The largest absolute Gasteiger partial charge is 0.307 e. The molecule has 0 aliphatic rings. The molecule has 0 N–H and O–H groups in total. The van der Waals surface area contributed by atoms with E-state index in [1.165, 1.54) is 13.0 Å². The summed E-state index contributed by atoms with van der Waals surface area (Å²) in [5.74, 6) is -2.11. The Morgan fingerprint density at radius 2 is 1.83 bits per heavy atom. The van der Waals surface area contributed by atoms with Crippen LogP contribution in [0.25, 0.3) is 5.65 Å². The second-order valence-electron chi connectivity index (χ2n) is 5.28. The third kappa shape index (κ3) is 2.96. The molecule has 0 saturated heterocycles. The highest BCUT2D eigenvalue weighted by atomic mass is 32.2. The van der Waals surface area contributed by atoms with E-state index in [1.807, 2.05) is 0 Å². The molecule has 3 rings (SSSR count). The van der Waals surface area contributed by atoms with Crippen LogP contribution >= 0.6 is 0 Å². The van der Waals surface area contributed by atoms with Crippen LogP contribution < -0.4 is 0 Å². The van der Waals surface area contributed by atoms with Crippen LogP contribution in [-0.2, 0) is 15.6 Å². The van der Waals surface area contributed by atoms with Gasteiger partial charge in [0.2, 0.25) is 0 Å². The topological polar surface area (TPSA) is 51.4 Å². The first kappa shape index (κ1) is 15.6. The van der Waals surface area contributed by atoms with Crippen molar-refractivity contribution in [3.05, 3.63) is 71.7 Å². The average molecular weight is 336 g/mol. The highest BCUT2D eigenvalue weighted by Gasteiger charge is 2.29. The zero-order chi connectivity index (χ0) is 16.6. The maximum absolute atomic E-state index is 13.8. The van der Waals surface area contributed by atoms with E-state index in [9.17, 15) is 17.2 Å². The highest BCUT2D eigenvalue weighted by Crippen LogP contribution is 2.29. The Hall–Kier alpha value is -2.28. The van der Waals surface area contributed by atoms with Gasteiger partial charge in [-0.15, -0.1) is 0 Å². The van der Waals surface area contributed by atoms with Crippen LogP contribution in [0.1, 0.15) is 23.4 Å². The zero-order valence-electron chi connectivity index (χ0n) is 12.3. The average Bonchev–Trinajstić information content (AvgIpc) is 2.88. The number of rotatable bonds is 4. The van der Waals surface area contributed by atoms with Crippen molar-refractivity contribution in [3.63, 3.8) is 0 Å². The summed E-state index contributed by atoms with van der Waals surface area (Å²) in [6, 6.07) is 8.64. The van der Waals surface area contributed by atoms with Gasteiger partial charge < -0.3 is 4.40 Å². The maximum Gasteiger partial charge on any atom is 0.162 e. The van der Waals surface area contributed by atoms with Gasteiger partial charge in [-0.3, -0.25) is 0 Å². The highest BCUT2D eigenvalue weighted by molar-refractivity contribution is 7.90. The van der Waals surface area contributed by atoms with E-state index in [0.29, 0.717) is 11.3 Å². The van der Waals surface area contributed by atoms with Gasteiger partial charge in [-0.1, -0.05) is 12.1 Å². The molecule has 0 fully saturated rings. The van der Waals surface area contributed by atoms with E-state index < -0.39 is 32.3 Å². The van der Waals surface area contributed by atoms with Crippen LogP contribution in [0.4, 0.5) is 8.78 Å². The summed E-state index contributed by atoms with van der Waals surface area (Å²) in [5.41, 5.74) is 0.512. The standard InChI is InChI=1S/C16H14F2N2O2S/c1-11(16-13(17)5-4-6-14(16)18)23(21,22)10-12-9-20-8-3-2-7-15(20)19-12/h2-9,11H,10H2,1H3/t11-/m1/s1. The lowest BCUT2D eigenvalue weighted by Gasteiger charge is -2.14. The Kier molecular flexibility index (Phi) is 3.89. The summed E-state index contributed by atoms with van der Waals surface area (Å²) >= 11 is 0. The number of hydrogen-bond donors (Lipinski definition) is 0. The van der Waals surface area contributed by atoms with Crippen molar-refractivity contribution in [1.29, 1.82) is 0 Å². The molecule has 2 aromatic heterocycles. The summed E-state index contributed by atoms with van der Waals surface area (Å²) in [5, 5.41) is -1.30. The summed E-state index contributed by atoms with van der Waals surface area (Å²) in [4.78, 5) is 4.22. The van der Waals surface area contributed by atoms with Gasteiger partial charge in [-0.2, -0.15) is 0 Å². The van der Waals surface area contributed by atoms with Gasteiger partial charge in [0.15, 0.2) is 9.84 Å². The molecule has 7 heteroatoms. The molecule has 1 aromatic carbocycles. The van der Waals surface area contributed by atoms with Gasteiger partial charge in [-0.25, -0.2) is 22.2 Å². The summed E-state index contributed by atoms with van der Waals surface area (Å²) < 4.78 is 54.3. The van der Waals surface area contributed by atoms with Crippen LogP contribution in [0, 0.1) is 11.6 Å². The third-order valence-electron chi connectivity index (χ3n) is 3.71. The summed E-state index contributed by atoms with van der Waals surface area (Å²) in [6.07, 6.45) is 3.34. The zero-order valence-corrected chi connectivity index (χ0v) is 13.1. The third-order valence-corrected chi connectivity index (χ3v) is 5.72. The predicted molar refractivity (Wildman–Crippen MR) is 82.6 cm³/mol. The fourth-order valence-corrected chi connectivity index (χ4v) is 3.85. The molecule has 0 bridgehead atoms. The van der Waals surface area contributed by atoms with Crippen LogP contribution in [0.3, 0.4) is 0 Å². The van der Waals surface area contributed by atoms with Crippen molar-refractivity contribution in [1.82, 2.24) is 9.38 Å². The van der Waals surface area contributed by atoms with E-state index in [0.717, 1.165) is 12.1 Å². The second-order valence-corrected chi connectivity index (χ2v) is 7.60. The molecular weight excluding hydrogens is 322 g/mol. The Morgan fingerprint density at radius 1 is 1.13 bits per heavy atom. The van der Waals surface area contributed by atoms with Gasteiger partial charge in [0, 0.05) is 18.0 Å². The molecule has 0 aliphatic carbocycles. The number of pyridine rings is 1. The molecule has 2 heterocycles. The lowest BCUT2D eigenvalue weighted by molar-refractivity contribution is 0.540. The predicted octanol–water partition coefficient (Wildman–Crippen LogP) is 3.29. The van der Waals surface area contributed by atoms with Crippen molar-refractivity contribution in [2.24, 2.45) is 0 Å². The summed E-state index contributed by atoms with van der Waals surface area (Å²) in [6.45, 7) is 1.28. The van der Waals surface area contributed by atoms with Crippen LogP contribution in [0.15, 0.2) is 48.8 Å². The molecule has 0 unspecified atom stereocenters. The number of sulfone groups is 1. The molecule has 23 heavy (non-hydrogen) atoms.